The fourth-order valence-electron chi connectivity index (χ4n) is 3.48. The number of rotatable bonds is 6. The van der Waals surface area contributed by atoms with Crippen LogP contribution in [-0.2, 0) is 10.0 Å². The van der Waals surface area contributed by atoms with Crippen molar-refractivity contribution >= 4 is 40.0 Å². The molecule has 0 saturated carbocycles. The highest BCUT2D eigenvalue weighted by Crippen LogP contribution is 2.30. The van der Waals surface area contributed by atoms with Gasteiger partial charge in [-0.25, -0.2) is 8.42 Å². The molecule has 2 aliphatic rings. The first kappa shape index (κ1) is 25.7. The van der Waals surface area contributed by atoms with Gasteiger partial charge in [0.15, 0.2) is 5.96 Å². The molecule has 2 heterocycles. The average Bonchev–Trinajstić information content (AvgIpc) is 2.65. The zero-order valence-corrected chi connectivity index (χ0v) is 19.3. The summed E-state index contributed by atoms with van der Waals surface area (Å²) < 4.78 is 61.2. The molecule has 0 radical (unpaired) electrons. The van der Waals surface area contributed by atoms with Gasteiger partial charge in [-0.05, 0) is 44.7 Å². The lowest BCUT2D eigenvalue weighted by Gasteiger charge is -2.32. The zero-order valence-electron chi connectivity index (χ0n) is 16.2. The van der Waals surface area contributed by atoms with Crippen molar-refractivity contribution in [2.75, 3.05) is 52.9 Å². The number of nitrogens with one attached hydrogen (secondary N) is 2. The van der Waals surface area contributed by atoms with Gasteiger partial charge in [0.25, 0.3) is 0 Å². The highest BCUT2D eigenvalue weighted by Gasteiger charge is 2.50. The van der Waals surface area contributed by atoms with Gasteiger partial charge in [-0.1, -0.05) is 6.42 Å². The Balaban J connectivity index is 0.00000392. The molecule has 2 rings (SSSR count). The normalized spacial score (nSPS) is 21.2. The summed E-state index contributed by atoms with van der Waals surface area (Å²) in [6, 6.07) is 0. The largest absolute Gasteiger partial charge is 0.511 e. The maximum Gasteiger partial charge on any atom is 0.511 e. The van der Waals surface area contributed by atoms with E-state index in [0.717, 1.165) is 26.2 Å². The van der Waals surface area contributed by atoms with Crippen molar-refractivity contribution in [1.82, 2.24) is 19.8 Å². The Morgan fingerprint density at radius 1 is 1.07 bits per heavy atom. The minimum atomic E-state index is -5.22. The Bertz CT molecular complexity index is 590. The Kier molecular flexibility index (Phi) is 10.8. The second-order valence-corrected chi connectivity index (χ2v) is 9.00. The van der Waals surface area contributed by atoms with Crippen LogP contribution in [0, 0.1) is 5.92 Å². The van der Waals surface area contributed by atoms with Gasteiger partial charge in [0.2, 0.25) is 0 Å². The van der Waals surface area contributed by atoms with Crippen LogP contribution < -0.4 is 10.6 Å². The molecular formula is C16H31F3IN5O2S. The lowest BCUT2D eigenvalue weighted by molar-refractivity contribution is -0.0496. The first-order valence-corrected chi connectivity index (χ1v) is 10.9. The lowest BCUT2D eigenvalue weighted by atomic mass is 9.98. The smallest absolute Gasteiger partial charge is 0.356 e. The quantitative estimate of drug-likeness (QED) is 0.305. The van der Waals surface area contributed by atoms with Crippen LogP contribution in [0.25, 0.3) is 0 Å². The average molecular weight is 541 g/mol. The number of likely N-dealkylation sites (tertiary alicyclic amines) is 1. The van der Waals surface area contributed by atoms with E-state index in [1.54, 1.807) is 7.05 Å². The predicted molar refractivity (Wildman–Crippen MR) is 114 cm³/mol. The van der Waals surface area contributed by atoms with E-state index in [4.69, 9.17) is 0 Å². The van der Waals surface area contributed by atoms with E-state index in [2.05, 4.69) is 20.5 Å². The summed E-state index contributed by atoms with van der Waals surface area (Å²) in [5.74, 6) is 0.780. The van der Waals surface area contributed by atoms with Crippen LogP contribution in [0.4, 0.5) is 13.2 Å². The van der Waals surface area contributed by atoms with E-state index < -0.39 is 15.5 Å². The predicted octanol–water partition coefficient (Wildman–Crippen LogP) is 1.82. The van der Waals surface area contributed by atoms with E-state index in [-0.39, 0.29) is 43.0 Å². The molecule has 0 aromatic rings. The number of hydrogen-bond acceptors (Lipinski definition) is 4. The van der Waals surface area contributed by atoms with Crippen LogP contribution in [0.3, 0.4) is 0 Å². The number of hydrogen-bond donors (Lipinski definition) is 2. The topological polar surface area (TPSA) is 77.0 Å². The summed E-state index contributed by atoms with van der Waals surface area (Å²) in [5.41, 5.74) is -5.22. The van der Waals surface area contributed by atoms with Gasteiger partial charge in [0, 0.05) is 39.8 Å². The zero-order chi connectivity index (χ0) is 19.9. The maximum atomic E-state index is 12.6. The van der Waals surface area contributed by atoms with Gasteiger partial charge in [-0.15, -0.1) is 24.0 Å². The van der Waals surface area contributed by atoms with Crippen LogP contribution in [0.5, 0.6) is 0 Å². The molecular weight excluding hydrogens is 510 g/mol. The molecule has 2 saturated heterocycles. The van der Waals surface area contributed by atoms with E-state index in [9.17, 15) is 21.6 Å². The molecule has 0 aromatic carbocycles. The molecule has 2 N–H and O–H groups in total. The number of nitrogens with zero attached hydrogens (tertiary/aromatic N) is 3. The Labute approximate surface area is 182 Å². The third-order valence-corrected chi connectivity index (χ3v) is 6.79. The van der Waals surface area contributed by atoms with Crippen molar-refractivity contribution in [3.8, 4) is 0 Å². The summed E-state index contributed by atoms with van der Waals surface area (Å²) >= 11 is 0. The molecule has 0 aliphatic carbocycles. The Hall–Kier alpha value is -0.340. The molecule has 2 fully saturated rings. The lowest BCUT2D eigenvalue weighted by Crippen LogP contribution is -2.48. The number of halogens is 4. The van der Waals surface area contributed by atoms with Crippen LogP contribution >= 0.6 is 24.0 Å². The van der Waals surface area contributed by atoms with Crippen molar-refractivity contribution in [2.24, 2.45) is 10.9 Å². The summed E-state index contributed by atoms with van der Waals surface area (Å²) in [4.78, 5) is 6.58. The maximum absolute atomic E-state index is 12.6. The molecule has 12 heteroatoms. The van der Waals surface area contributed by atoms with Crippen LogP contribution in [0.15, 0.2) is 4.99 Å². The molecule has 0 amide bonds. The van der Waals surface area contributed by atoms with E-state index >= 15 is 0 Å². The van der Waals surface area contributed by atoms with Crippen molar-refractivity contribution in [2.45, 2.75) is 37.6 Å². The van der Waals surface area contributed by atoms with Crippen LogP contribution in [0.2, 0.25) is 0 Å². The van der Waals surface area contributed by atoms with Crippen molar-refractivity contribution < 1.29 is 21.6 Å². The monoisotopic (exact) mass is 541 g/mol. The van der Waals surface area contributed by atoms with Gasteiger partial charge in [0.05, 0.1) is 0 Å². The van der Waals surface area contributed by atoms with Gasteiger partial charge in [-0.2, -0.15) is 17.5 Å². The molecule has 0 bridgehead atoms. The van der Waals surface area contributed by atoms with E-state index in [1.165, 1.54) is 19.3 Å². The summed E-state index contributed by atoms with van der Waals surface area (Å²) in [6.07, 6.45) is 4.59. The van der Waals surface area contributed by atoms with Gasteiger partial charge >= 0.3 is 15.5 Å². The highest BCUT2D eigenvalue weighted by atomic mass is 127. The number of alkyl halides is 3. The number of guanidine groups is 1. The second kappa shape index (κ2) is 11.7. The summed E-state index contributed by atoms with van der Waals surface area (Å²) in [7, 11) is -3.53. The second-order valence-electron chi connectivity index (χ2n) is 7.08. The number of sulfonamides is 1. The minimum absolute atomic E-state index is 0. The number of aliphatic imine (C=N–C) groups is 1. The summed E-state index contributed by atoms with van der Waals surface area (Å²) in [6.45, 7) is 4.35. The van der Waals surface area contributed by atoms with Gasteiger partial charge in [-0.3, -0.25) is 4.99 Å². The van der Waals surface area contributed by atoms with E-state index in [1.807, 2.05) is 0 Å². The van der Waals surface area contributed by atoms with Crippen molar-refractivity contribution in [1.29, 1.82) is 0 Å². The van der Waals surface area contributed by atoms with Crippen LogP contribution in [0.1, 0.15) is 32.1 Å². The highest BCUT2D eigenvalue weighted by molar-refractivity contribution is 14.0. The van der Waals surface area contributed by atoms with Crippen LogP contribution in [-0.4, -0.2) is 82.0 Å². The molecule has 7 nitrogen and oxygen atoms in total. The SMILES string of the molecule is CN=C(NCCN1CCCCC1)NCC1CCN(S(=O)(=O)C(F)(F)F)CC1.I. The minimum Gasteiger partial charge on any atom is -0.356 e. The third kappa shape index (κ3) is 7.48. The van der Waals surface area contributed by atoms with E-state index in [0.29, 0.717) is 29.7 Å². The standard InChI is InChI=1S/C16H30F3N5O2S.HI/c1-20-15(21-7-12-23-8-3-2-4-9-23)22-13-14-5-10-24(11-6-14)27(25,26)16(17,18)19;/h14H,2-13H2,1H3,(H2,20,21,22);1H. The third-order valence-electron chi connectivity index (χ3n) is 5.16. The Morgan fingerprint density at radius 2 is 1.68 bits per heavy atom. The molecule has 166 valence electrons. The molecule has 2 aliphatic heterocycles. The molecule has 0 unspecified atom stereocenters. The first-order valence-electron chi connectivity index (χ1n) is 9.47. The molecule has 0 spiro atoms. The van der Waals surface area contributed by atoms with Gasteiger partial charge in [0.1, 0.15) is 0 Å². The first-order chi connectivity index (χ1) is 12.7. The van der Waals surface area contributed by atoms with Gasteiger partial charge < -0.3 is 15.5 Å². The molecule has 0 aromatic heterocycles. The Morgan fingerprint density at radius 3 is 2.21 bits per heavy atom. The molecule has 0 atom stereocenters. The molecule has 28 heavy (non-hydrogen) atoms. The van der Waals surface area contributed by atoms with Crippen molar-refractivity contribution in [3.63, 3.8) is 0 Å². The van der Waals surface area contributed by atoms with Crippen molar-refractivity contribution in [3.05, 3.63) is 0 Å². The fourth-order valence-corrected chi connectivity index (χ4v) is 4.46. The summed E-state index contributed by atoms with van der Waals surface area (Å²) in [5, 5.41) is 6.44. The number of piperidine rings is 2. The fraction of sp³-hybridized carbons (Fsp3) is 0.938.